The molecule has 3 aromatic rings. The number of hydrogen-bond donors (Lipinski definition) is 0. The lowest BCUT2D eigenvalue weighted by Gasteiger charge is -2.03. The normalized spacial score (nSPS) is 10.8. The highest BCUT2D eigenvalue weighted by molar-refractivity contribution is 6.34. The average molecular weight is 316 g/mol. The first-order valence-corrected chi connectivity index (χ1v) is 6.82. The smallest absolute Gasteiger partial charge is 0.407 e. The summed E-state index contributed by atoms with van der Waals surface area (Å²) < 4.78 is 5.97. The van der Waals surface area contributed by atoms with Gasteiger partial charge in [0.2, 0.25) is 0 Å². The molecule has 0 radical (unpaired) electrons. The first-order chi connectivity index (χ1) is 10.5. The second-order valence-electron chi connectivity index (χ2n) is 4.73. The summed E-state index contributed by atoms with van der Waals surface area (Å²) in [6.07, 6.45) is 0. The zero-order chi connectivity index (χ0) is 15.9. The summed E-state index contributed by atoms with van der Waals surface area (Å²) >= 11 is 5.99. The van der Waals surface area contributed by atoms with Crippen molar-refractivity contribution in [3.05, 3.63) is 69.2 Å². The van der Waals surface area contributed by atoms with E-state index >= 15 is 0 Å². The molecule has 0 saturated heterocycles. The summed E-state index contributed by atoms with van der Waals surface area (Å²) in [5.74, 6) is -1.56. The van der Waals surface area contributed by atoms with E-state index in [1.54, 1.807) is 18.2 Å². The molecule has 22 heavy (non-hydrogen) atoms. The van der Waals surface area contributed by atoms with E-state index in [0.29, 0.717) is 11.1 Å². The van der Waals surface area contributed by atoms with Gasteiger partial charge in [0.25, 0.3) is 5.91 Å². The number of Topliss-reactive ketones (excluding diaryl/α,β-unsaturated/α-hetero) is 1. The number of nitrogens with zero attached hydrogens (tertiary/aromatic N) is 1. The monoisotopic (exact) mass is 315 g/mol. The quantitative estimate of drug-likeness (QED) is 0.681. The van der Waals surface area contributed by atoms with E-state index in [2.05, 4.69) is 0 Å². The second kappa shape index (κ2) is 5.27. The van der Waals surface area contributed by atoms with E-state index in [1.165, 1.54) is 31.2 Å². The molecule has 6 heteroatoms. The number of halogens is 1. The van der Waals surface area contributed by atoms with Crippen LogP contribution in [0.2, 0.25) is 5.02 Å². The highest BCUT2D eigenvalue weighted by Crippen LogP contribution is 2.20. The van der Waals surface area contributed by atoms with Gasteiger partial charge in [-0.1, -0.05) is 23.7 Å². The molecule has 0 aliphatic heterocycles. The Bertz CT molecular complexity index is 968. The fourth-order valence-electron chi connectivity index (χ4n) is 2.19. The molecule has 0 amide bonds. The van der Waals surface area contributed by atoms with Crippen LogP contribution < -0.4 is 5.76 Å². The number of ketones is 1. The molecule has 0 bridgehead atoms. The van der Waals surface area contributed by atoms with Crippen LogP contribution in [0, 0.1) is 0 Å². The van der Waals surface area contributed by atoms with Crippen molar-refractivity contribution in [3.8, 4) is 0 Å². The van der Waals surface area contributed by atoms with Crippen LogP contribution in [-0.2, 0) is 0 Å². The molecule has 1 heterocycles. The fourth-order valence-corrected chi connectivity index (χ4v) is 2.40. The fraction of sp³-hybridized carbons (Fsp3) is 0.0625. The standard InChI is InChI=1S/C16H10ClNO4/c1-9(19)10-6-7-13-14(8-10)22-16(21)18(13)15(20)11-4-2-3-5-12(11)17/h2-8H,1H3. The first kappa shape index (κ1) is 14.3. The number of carbonyl (C=O) groups is 2. The molecule has 0 fully saturated rings. The van der Waals surface area contributed by atoms with Gasteiger partial charge in [0.1, 0.15) is 0 Å². The maximum Gasteiger partial charge on any atom is 0.427 e. The van der Waals surface area contributed by atoms with E-state index in [4.69, 9.17) is 16.0 Å². The number of aromatic nitrogens is 1. The topological polar surface area (TPSA) is 69.3 Å². The molecular formula is C16H10ClNO4. The highest BCUT2D eigenvalue weighted by atomic mass is 35.5. The van der Waals surface area contributed by atoms with Crippen molar-refractivity contribution in [3.63, 3.8) is 0 Å². The summed E-state index contributed by atoms with van der Waals surface area (Å²) in [6.45, 7) is 1.41. The van der Waals surface area contributed by atoms with Gasteiger partial charge in [-0.25, -0.2) is 9.36 Å². The number of benzene rings is 2. The van der Waals surface area contributed by atoms with Crippen LogP contribution in [-0.4, -0.2) is 16.3 Å². The van der Waals surface area contributed by atoms with Gasteiger partial charge in [-0.05, 0) is 37.3 Å². The minimum Gasteiger partial charge on any atom is -0.407 e. The molecule has 0 N–H and O–H groups in total. The Labute approximate surface area is 129 Å². The Morgan fingerprint density at radius 3 is 2.55 bits per heavy atom. The summed E-state index contributed by atoms with van der Waals surface area (Å²) in [4.78, 5) is 35.9. The Kier molecular flexibility index (Phi) is 3.42. The van der Waals surface area contributed by atoms with Crippen molar-refractivity contribution < 1.29 is 14.0 Å². The number of hydrogen-bond acceptors (Lipinski definition) is 4. The lowest BCUT2D eigenvalue weighted by Crippen LogP contribution is -2.23. The molecule has 0 spiro atoms. The van der Waals surface area contributed by atoms with Crippen LogP contribution in [0.3, 0.4) is 0 Å². The Morgan fingerprint density at radius 2 is 1.86 bits per heavy atom. The van der Waals surface area contributed by atoms with Gasteiger partial charge in [-0.15, -0.1) is 0 Å². The number of oxazole rings is 1. The minimum absolute atomic E-state index is 0.158. The van der Waals surface area contributed by atoms with E-state index < -0.39 is 11.7 Å². The second-order valence-corrected chi connectivity index (χ2v) is 5.13. The summed E-state index contributed by atoms with van der Waals surface area (Å²) in [6, 6.07) is 10.9. The van der Waals surface area contributed by atoms with E-state index in [0.717, 1.165) is 4.57 Å². The summed E-state index contributed by atoms with van der Waals surface area (Å²) in [5.41, 5.74) is 1.07. The van der Waals surface area contributed by atoms with Crippen LogP contribution in [0.4, 0.5) is 0 Å². The minimum atomic E-state index is -0.819. The van der Waals surface area contributed by atoms with Gasteiger partial charge in [-0.2, -0.15) is 0 Å². The van der Waals surface area contributed by atoms with Crippen LogP contribution in [0.15, 0.2) is 51.7 Å². The lowest BCUT2D eigenvalue weighted by molar-refractivity contribution is 0.0955. The third-order valence-corrected chi connectivity index (χ3v) is 3.62. The molecule has 110 valence electrons. The van der Waals surface area contributed by atoms with Crippen molar-refractivity contribution in [1.29, 1.82) is 0 Å². The lowest BCUT2D eigenvalue weighted by atomic mass is 10.1. The summed E-state index contributed by atoms with van der Waals surface area (Å²) in [5, 5.41) is 0.245. The van der Waals surface area contributed by atoms with E-state index in [9.17, 15) is 14.4 Å². The summed E-state index contributed by atoms with van der Waals surface area (Å²) in [7, 11) is 0. The van der Waals surface area contributed by atoms with Crippen LogP contribution in [0.25, 0.3) is 11.1 Å². The van der Waals surface area contributed by atoms with Crippen LogP contribution in [0.1, 0.15) is 27.6 Å². The number of rotatable bonds is 2. The maximum absolute atomic E-state index is 12.5. The third-order valence-electron chi connectivity index (χ3n) is 3.29. The predicted octanol–water partition coefficient (Wildman–Crippen LogP) is 3.14. The van der Waals surface area contributed by atoms with Gasteiger partial charge < -0.3 is 4.42 Å². The number of carbonyl (C=O) groups excluding carboxylic acids is 2. The third kappa shape index (κ3) is 2.25. The molecule has 0 saturated carbocycles. The maximum atomic E-state index is 12.5. The first-order valence-electron chi connectivity index (χ1n) is 6.45. The van der Waals surface area contributed by atoms with Crippen LogP contribution in [0.5, 0.6) is 0 Å². The largest absolute Gasteiger partial charge is 0.427 e. The van der Waals surface area contributed by atoms with Crippen molar-refractivity contribution in [2.45, 2.75) is 6.92 Å². The molecule has 0 aliphatic carbocycles. The molecular weight excluding hydrogens is 306 g/mol. The van der Waals surface area contributed by atoms with E-state index in [-0.39, 0.29) is 22.0 Å². The van der Waals surface area contributed by atoms with E-state index in [1.807, 2.05) is 0 Å². The van der Waals surface area contributed by atoms with Gasteiger partial charge in [0, 0.05) is 5.56 Å². The zero-order valence-electron chi connectivity index (χ0n) is 11.5. The molecule has 3 rings (SSSR count). The average Bonchev–Trinajstić information content (AvgIpc) is 2.81. The SMILES string of the molecule is CC(=O)c1ccc2c(c1)oc(=O)n2C(=O)c1ccccc1Cl. The Hall–Kier alpha value is -2.66. The molecule has 2 aromatic carbocycles. The van der Waals surface area contributed by atoms with Crippen molar-refractivity contribution >= 4 is 34.4 Å². The highest BCUT2D eigenvalue weighted by Gasteiger charge is 2.20. The molecule has 0 atom stereocenters. The van der Waals surface area contributed by atoms with Crippen molar-refractivity contribution in [2.75, 3.05) is 0 Å². The van der Waals surface area contributed by atoms with Crippen molar-refractivity contribution in [2.24, 2.45) is 0 Å². The molecule has 0 unspecified atom stereocenters. The van der Waals surface area contributed by atoms with Gasteiger partial charge >= 0.3 is 5.76 Å². The Balaban J connectivity index is 2.21. The number of fused-ring (bicyclic) bond motifs is 1. The molecule has 1 aromatic heterocycles. The van der Waals surface area contributed by atoms with Crippen LogP contribution >= 0.6 is 11.6 Å². The predicted molar refractivity (Wildman–Crippen MR) is 81.7 cm³/mol. The van der Waals surface area contributed by atoms with Gasteiger partial charge in [0.15, 0.2) is 11.4 Å². The van der Waals surface area contributed by atoms with Gasteiger partial charge in [0.05, 0.1) is 16.1 Å². The Morgan fingerprint density at radius 1 is 1.14 bits per heavy atom. The van der Waals surface area contributed by atoms with Crippen molar-refractivity contribution in [1.82, 2.24) is 4.57 Å². The molecule has 5 nitrogen and oxygen atoms in total. The van der Waals surface area contributed by atoms with Gasteiger partial charge in [-0.3, -0.25) is 9.59 Å². The molecule has 0 aliphatic rings. The zero-order valence-corrected chi connectivity index (χ0v) is 12.3.